The predicted octanol–water partition coefficient (Wildman–Crippen LogP) is 3.50. The maximum Gasteiger partial charge on any atom is -0.0231 e. The fourth-order valence-electron chi connectivity index (χ4n) is 0.900. The molecule has 0 unspecified atom stereocenters. The predicted molar refractivity (Wildman–Crippen MR) is 46.8 cm³/mol. The Kier molecular flexibility index (Phi) is 6.25. The van der Waals surface area contributed by atoms with Crippen molar-refractivity contribution < 1.29 is 0 Å². The Labute approximate surface area is 64.6 Å². The van der Waals surface area contributed by atoms with Crippen LogP contribution in [0.4, 0.5) is 0 Å². The van der Waals surface area contributed by atoms with Crippen LogP contribution < -0.4 is 0 Å². The van der Waals surface area contributed by atoms with E-state index in [1.807, 2.05) is 6.92 Å². The van der Waals surface area contributed by atoms with E-state index in [0.29, 0.717) is 0 Å². The van der Waals surface area contributed by atoms with Crippen molar-refractivity contribution in [2.75, 3.05) is 0 Å². The van der Waals surface area contributed by atoms with Crippen LogP contribution in [0.25, 0.3) is 0 Å². The normalized spacial score (nSPS) is 11.6. The molecule has 0 heterocycles. The summed E-state index contributed by atoms with van der Waals surface area (Å²) in [4.78, 5) is 0. The molecule has 0 rings (SSSR count). The van der Waals surface area contributed by atoms with Crippen molar-refractivity contribution >= 4 is 0 Å². The Morgan fingerprint density at radius 2 is 2.20 bits per heavy atom. The average Bonchev–Trinajstić information content (AvgIpc) is 1.99. The second kappa shape index (κ2) is 6.60. The van der Waals surface area contributed by atoms with Crippen LogP contribution in [0.5, 0.6) is 0 Å². The lowest BCUT2D eigenvalue weighted by molar-refractivity contribution is 0.717. The van der Waals surface area contributed by atoms with Gasteiger partial charge in [-0.2, -0.15) is 0 Å². The molecule has 0 amide bonds. The van der Waals surface area contributed by atoms with E-state index in [-0.39, 0.29) is 0 Å². The van der Waals surface area contributed by atoms with Crippen molar-refractivity contribution in [1.29, 1.82) is 0 Å². The second-order valence-electron chi connectivity index (χ2n) is 2.45. The zero-order chi connectivity index (χ0) is 7.82. The molecule has 0 aliphatic heterocycles. The first kappa shape index (κ1) is 9.48. The van der Waals surface area contributed by atoms with E-state index < -0.39 is 0 Å². The molecule has 0 aromatic carbocycles. The molecule has 1 radical (unpaired) electrons. The van der Waals surface area contributed by atoms with Gasteiger partial charge in [-0.3, -0.25) is 0 Å². The molecular weight excluding hydrogens is 120 g/mol. The summed E-state index contributed by atoms with van der Waals surface area (Å²) in [5, 5.41) is 0. The van der Waals surface area contributed by atoms with Crippen LogP contribution in [0.2, 0.25) is 0 Å². The van der Waals surface area contributed by atoms with Gasteiger partial charge in [-0.1, -0.05) is 32.4 Å². The zero-order valence-electron chi connectivity index (χ0n) is 7.11. The number of allylic oxidation sites excluding steroid dienone is 3. The molecule has 0 atom stereocenters. The highest BCUT2D eigenvalue weighted by Gasteiger charge is 1.89. The minimum Gasteiger partial charge on any atom is -0.0909 e. The van der Waals surface area contributed by atoms with Gasteiger partial charge >= 0.3 is 0 Å². The fraction of sp³-hybridized carbons (Fsp3) is 0.600. The number of hydrogen-bond acceptors (Lipinski definition) is 0. The van der Waals surface area contributed by atoms with Crippen LogP contribution in [0.1, 0.15) is 39.5 Å². The van der Waals surface area contributed by atoms with Crippen LogP contribution in [0, 0.1) is 6.08 Å². The monoisotopic (exact) mass is 137 g/mol. The van der Waals surface area contributed by atoms with Crippen molar-refractivity contribution in [3.8, 4) is 0 Å². The molecule has 0 saturated heterocycles. The number of hydrogen-bond donors (Lipinski definition) is 0. The van der Waals surface area contributed by atoms with Crippen LogP contribution in [-0.2, 0) is 0 Å². The first-order valence-corrected chi connectivity index (χ1v) is 4.03. The summed E-state index contributed by atoms with van der Waals surface area (Å²) in [7, 11) is 0. The molecule has 0 aliphatic carbocycles. The first-order chi connectivity index (χ1) is 4.85. The quantitative estimate of drug-likeness (QED) is 0.402. The van der Waals surface area contributed by atoms with Gasteiger partial charge in [-0.05, 0) is 31.4 Å². The second-order valence-corrected chi connectivity index (χ2v) is 2.45. The van der Waals surface area contributed by atoms with E-state index in [1.54, 1.807) is 0 Å². The Hall–Kier alpha value is -0.520. The fourth-order valence-corrected chi connectivity index (χ4v) is 0.900. The van der Waals surface area contributed by atoms with E-state index in [4.69, 9.17) is 0 Å². The Morgan fingerprint density at radius 1 is 1.50 bits per heavy atom. The van der Waals surface area contributed by atoms with Gasteiger partial charge in [0.1, 0.15) is 0 Å². The standard InChI is InChI=1S/C10H17/c1-4-7-8-9-10(5-2)6-3/h6H,2,4,7-9H2,1,3H3. The SMILES string of the molecule is C=[C]C(=CC)CCCCC. The average molecular weight is 137 g/mol. The third-order valence-electron chi connectivity index (χ3n) is 1.63. The summed E-state index contributed by atoms with van der Waals surface area (Å²) < 4.78 is 0. The molecule has 0 spiro atoms. The van der Waals surface area contributed by atoms with E-state index >= 15 is 0 Å². The molecule has 0 saturated carbocycles. The van der Waals surface area contributed by atoms with Crippen molar-refractivity contribution in [2.24, 2.45) is 0 Å². The molecular formula is C10H17. The van der Waals surface area contributed by atoms with Crippen molar-refractivity contribution in [3.63, 3.8) is 0 Å². The van der Waals surface area contributed by atoms with Gasteiger partial charge in [0, 0.05) is 0 Å². The topological polar surface area (TPSA) is 0 Å². The molecule has 0 bridgehead atoms. The Balaban J connectivity index is 3.36. The Morgan fingerprint density at radius 3 is 2.60 bits per heavy atom. The summed E-state index contributed by atoms with van der Waals surface area (Å²) in [5.41, 5.74) is 1.26. The number of rotatable bonds is 5. The molecule has 10 heavy (non-hydrogen) atoms. The largest absolute Gasteiger partial charge is 0.0909 e. The molecule has 0 aromatic rings. The molecule has 0 nitrogen and oxygen atoms in total. The van der Waals surface area contributed by atoms with E-state index in [9.17, 15) is 0 Å². The van der Waals surface area contributed by atoms with Crippen LogP contribution in [-0.4, -0.2) is 0 Å². The van der Waals surface area contributed by atoms with E-state index in [1.165, 1.54) is 24.8 Å². The highest BCUT2D eigenvalue weighted by molar-refractivity contribution is 5.08. The van der Waals surface area contributed by atoms with Gasteiger partial charge in [0.2, 0.25) is 0 Å². The van der Waals surface area contributed by atoms with Crippen molar-refractivity contribution in [3.05, 3.63) is 24.3 Å². The summed E-state index contributed by atoms with van der Waals surface area (Å²) >= 11 is 0. The highest BCUT2D eigenvalue weighted by Crippen LogP contribution is 2.08. The molecule has 0 N–H and O–H groups in total. The van der Waals surface area contributed by atoms with Gasteiger partial charge in [0.05, 0.1) is 0 Å². The van der Waals surface area contributed by atoms with Crippen molar-refractivity contribution in [2.45, 2.75) is 39.5 Å². The van der Waals surface area contributed by atoms with Crippen LogP contribution >= 0.6 is 0 Å². The van der Waals surface area contributed by atoms with E-state index in [0.717, 1.165) is 6.42 Å². The van der Waals surface area contributed by atoms with Gasteiger partial charge in [-0.25, -0.2) is 0 Å². The lowest BCUT2D eigenvalue weighted by atomic mass is 10.1. The summed E-state index contributed by atoms with van der Waals surface area (Å²) in [6, 6.07) is 0. The molecule has 0 aliphatic rings. The highest BCUT2D eigenvalue weighted by atomic mass is 13.9. The van der Waals surface area contributed by atoms with Gasteiger partial charge < -0.3 is 0 Å². The summed E-state index contributed by atoms with van der Waals surface area (Å²) in [6.45, 7) is 7.87. The maximum atomic E-state index is 3.62. The Bertz CT molecular complexity index is 109. The number of unbranched alkanes of at least 4 members (excludes halogenated alkanes) is 2. The third kappa shape index (κ3) is 4.37. The van der Waals surface area contributed by atoms with Gasteiger partial charge in [0.15, 0.2) is 0 Å². The van der Waals surface area contributed by atoms with E-state index in [2.05, 4.69) is 25.7 Å². The van der Waals surface area contributed by atoms with Gasteiger partial charge in [0.25, 0.3) is 0 Å². The minimum absolute atomic E-state index is 1.15. The molecule has 0 fully saturated rings. The first-order valence-electron chi connectivity index (χ1n) is 4.03. The van der Waals surface area contributed by atoms with Crippen LogP contribution in [0.3, 0.4) is 0 Å². The summed E-state index contributed by atoms with van der Waals surface area (Å²) in [6.07, 6.45) is 10.0. The third-order valence-corrected chi connectivity index (χ3v) is 1.63. The summed E-state index contributed by atoms with van der Waals surface area (Å²) in [5.74, 6) is 0. The lowest BCUT2D eigenvalue weighted by Gasteiger charge is -1.97. The van der Waals surface area contributed by atoms with Crippen molar-refractivity contribution in [1.82, 2.24) is 0 Å². The minimum atomic E-state index is 1.15. The maximum absolute atomic E-state index is 3.62. The molecule has 0 heteroatoms. The lowest BCUT2D eigenvalue weighted by Crippen LogP contribution is -1.79. The van der Waals surface area contributed by atoms with Crippen LogP contribution in [0.15, 0.2) is 18.2 Å². The smallest absolute Gasteiger partial charge is 0.0231 e. The van der Waals surface area contributed by atoms with Gasteiger partial charge in [-0.15, -0.1) is 0 Å². The molecule has 57 valence electrons. The zero-order valence-corrected chi connectivity index (χ0v) is 7.11. The molecule has 0 aromatic heterocycles.